The SMILES string of the molecule is Cc1cnc2c(c1)S(=O)(=O)N(Cc1nc(Cc3ccn4c(C(F)(F)F)nnc4c3C)ccc1C)CC1(CNC1)O2. The van der Waals surface area contributed by atoms with Crippen LogP contribution in [0.3, 0.4) is 0 Å². The molecule has 4 aromatic rings. The quantitative estimate of drug-likeness (QED) is 0.397. The number of nitrogens with one attached hydrogen (secondary N) is 1. The van der Waals surface area contributed by atoms with Gasteiger partial charge in [-0.1, -0.05) is 6.07 Å². The third-order valence-corrected chi connectivity index (χ3v) is 9.18. The second kappa shape index (κ2) is 9.21. The average molecular weight is 574 g/mol. The topological polar surface area (TPSA) is 115 Å². The van der Waals surface area contributed by atoms with Gasteiger partial charge in [0.1, 0.15) is 10.5 Å². The standard InChI is InChI=1S/C26H26F3N7O3S/c1-15-8-21-23(31-10-15)39-25(12-30-13-25)14-35(40(21,37)38)11-20-16(2)4-5-19(32-20)9-18-6-7-36-22(17(18)3)33-34-24(36)26(27,28)29/h4-8,10,30H,9,11-14H2,1-3H3. The van der Waals surface area contributed by atoms with E-state index in [4.69, 9.17) is 9.72 Å². The zero-order valence-corrected chi connectivity index (χ0v) is 22.8. The Kier molecular flexibility index (Phi) is 6.12. The van der Waals surface area contributed by atoms with Crippen molar-refractivity contribution in [1.82, 2.24) is 34.2 Å². The Labute approximate surface area is 228 Å². The minimum atomic E-state index is -4.62. The van der Waals surface area contributed by atoms with Crippen LogP contribution in [0.5, 0.6) is 5.88 Å². The lowest BCUT2D eigenvalue weighted by atomic mass is 9.96. The molecule has 14 heteroatoms. The summed E-state index contributed by atoms with van der Waals surface area (Å²) in [4.78, 5) is 9.09. The molecular weight excluding hydrogens is 547 g/mol. The molecule has 2 aliphatic rings. The van der Waals surface area contributed by atoms with Crippen molar-refractivity contribution in [3.63, 3.8) is 0 Å². The minimum Gasteiger partial charge on any atom is -0.466 e. The van der Waals surface area contributed by atoms with Crippen molar-refractivity contribution in [2.24, 2.45) is 0 Å². The van der Waals surface area contributed by atoms with Crippen LogP contribution in [0.2, 0.25) is 0 Å². The summed E-state index contributed by atoms with van der Waals surface area (Å²) in [7, 11) is -3.95. The van der Waals surface area contributed by atoms with Crippen molar-refractivity contribution in [3.8, 4) is 5.88 Å². The number of aromatic nitrogens is 5. The highest BCUT2D eigenvalue weighted by Crippen LogP contribution is 2.36. The van der Waals surface area contributed by atoms with Gasteiger partial charge in [0.25, 0.3) is 0 Å². The van der Waals surface area contributed by atoms with E-state index < -0.39 is 27.6 Å². The molecule has 0 amide bonds. The highest BCUT2D eigenvalue weighted by Gasteiger charge is 2.48. The molecule has 4 aromatic heterocycles. The number of sulfonamides is 1. The van der Waals surface area contributed by atoms with Gasteiger partial charge in [0.05, 0.1) is 18.8 Å². The smallest absolute Gasteiger partial charge is 0.452 e. The number of pyridine rings is 3. The molecule has 0 saturated carbocycles. The highest BCUT2D eigenvalue weighted by molar-refractivity contribution is 7.89. The van der Waals surface area contributed by atoms with Crippen LogP contribution in [0.4, 0.5) is 13.2 Å². The van der Waals surface area contributed by atoms with E-state index in [2.05, 4.69) is 20.5 Å². The first-order valence-electron chi connectivity index (χ1n) is 12.6. The van der Waals surface area contributed by atoms with Gasteiger partial charge in [-0.25, -0.2) is 13.4 Å². The third kappa shape index (κ3) is 4.49. The zero-order valence-electron chi connectivity index (χ0n) is 21.9. The fourth-order valence-corrected chi connectivity index (χ4v) is 6.67. The molecular formula is C26H26F3N7O3S. The summed E-state index contributed by atoms with van der Waals surface area (Å²) in [6, 6.07) is 6.86. The Morgan fingerprint density at radius 3 is 2.60 bits per heavy atom. The van der Waals surface area contributed by atoms with Crippen LogP contribution in [-0.4, -0.2) is 62.5 Å². The number of fused-ring (bicyclic) bond motifs is 2. The van der Waals surface area contributed by atoms with Crippen molar-refractivity contribution in [2.75, 3.05) is 19.6 Å². The Morgan fingerprint density at radius 1 is 1.12 bits per heavy atom. The van der Waals surface area contributed by atoms with Gasteiger partial charge >= 0.3 is 6.18 Å². The van der Waals surface area contributed by atoms with Crippen molar-refractivity contribution in [1.29, 1.82) is 0 Å². The number of rotatable bonds is 4. The summed E-state index contributed by atoms with van der Waals surface area (Å²) in [5.74, 6) is -0.983. The molecule has 6 heterocycles. The van der Waals surface area contributed by atoms with E-state index in [1.165, 1.54) is 10.5 Å². The highest BCUT2D eigenvalue weighted by atomic mass is 32.2. The Morgan fingerprint density at radius 2 is 1.90 bits per heavy atom. The van der Waals surface area contributed by atoms with Crippen LogP contribution in [0.15, 0.2) is 41.6 Å². The Hall–Kier alpha value is -3.62. The van der Waals surface area contributed by atoms with Gasteiger partial charge < -0.3 is 10.1 Å². The van der Waals surface area contributed by atoms with E-state index in [0.29, 0.717) is 42.0 Å². The Balaban J connectivity index is 1.33. The minimum absolute atomic E-state index is 0.0254. The second-order valence-electron chi connectivity index (χ2n) is 10.4. The van der Waals surface area contributed by atoms with Gasteiger partial charge in [-0.05, 0) is 61.2 Å². The molecule has 40 heavy (non-hydrogen) atoms. The van der Waals surface area contributed by atoms with Crippen molar-refractivity contribution in [2.45, 2.75) is 50.4 Å². The van der Waals surface area contributed by atoms with E-state index in [1.807, 2.05) is 19.1 Å². The molecule has 0 radical (unpaired) electrons. The Bertz CT molecular complexity index is 1750. The lowest BCUT2D eigenvalue weighted by molar-refractivity contribution is -0.145. The van der Waals surface area contributed by atoms with Crippen LogP contribution in [0.25, 0.3) is 5.65 Å². The molecule has 0 aromatic carbocycles. The lowest BCUT2D eigenvalue weighted by Crippen LogP contribution is -2.67. The van der Waals surface area contributed by atoms with Gasteiger partial charge in [0, 0.05) is 37.6 Å². The molecule has 210 valence electrons. The first kappa shape index (κ1) is 26.6. The fourth-order valence-electron chi connectivity index (χ4n) is 5.05. The van der Waals surface area contributed by atoms with Crippen molar-refractivity contribution >= 4 is 15.7 Å². The van der Waals surface area contributed by atoms with E-state index >= 15 is 0 Å². The maximum atomic E-state index is 13.8. The summed E-state index contributed by atoms with van der Waals surface area (Å²) in [5.41, 5.74) is 3.42. The zero-order chi connectivity index (χ0) is 28.4. The first-order chi connectivity index (χ1) is 18.9. The number of alkyl halides is 3. The van der Waals surface area contributed by atoms with E-state index in [-0.39, 0.29) is 29.5 Å². The van der Waals surface area contributed by atoms with Gasteiger partial charge in [-0.15, -0.1) is 10.2 Å². The van der Waals surface area contributed by atoms with Gasteiger partial charge in [-0.3, -0.25) is 9.38 Å². The molecule has 2 aliphatic heterocycles. The van der Waals surface area contributed by atoms with Crippen LogP contribution in [0, 0.1) is 20.8 Å². The van der Waals surface area contributed by atoms with Crippen LogP contribution < -0.4 is 10.1 Å². The lowest BCUT2D eigenvalue weighted by Gasteiger charge is -2.42. The average Bonchev–Trinajstić information content (AvgIpc) is 3.28. The van der Waals surface area contributed by atoms with Crippen LogP contribution >= 0.6 is 0 Å². The molecule has 0 unspecified atom stereocenters. The second-order valence-corrected chi connectivity index (χ2v) is 12.3. The maximum Gasteiger partial charge on any atom is 0.452 e. The fraction of sp³-hybridized carbons (Fsp3) is 0.385. The number of halogens is 3. The molecule has 1 fully saturated rings. The van der Waals surface area contributed by atoms with Crippen molar-refractivity contribution < 1.29 is 26.3 Å². The van der Waals surface area contributed by atoms with Crippen LogP contribution in [-0.2, 0) is 29.2 Å². The van der Waals surface area contributed by atoms with E-state index in [0.717, 1.165) is 15.5 Å². The largest absolute Gasteiger partial charge is 0.466 e. The maximum absolute atomic E-state index is 13.8. The summed E-state index contributed by atoms with van der Waals surface area (Å²) >= 11 is 0. The summed E-state index contributed by atoms with van der Waals surface area (Å²) in [6.07, 6.45) is -1.41. The number of aryl methyl sites for hydroxylation is 3. The molecule has 10 nitrogen and oxygen atoms in total. The number of ether oxygens (including phenoxy) is 1. The predicted octanol–water partition coefficient (Wildman–Crippen LogP) is 2.98. The third-order valence-electron chi connectivity index (χ3n) is 7.39. The molecule has 0 bridgehead atoms. The first-order valence-corrected chi connectivity index (χ1v) is 14.0. The summed E-state index contributed by atoms with van der Waals surface area (Å²) < 4.78 is 75.9. The van der Waals surface area contributed by atoms with Gasteiger partial charge in [0.2, 0.25) is 21.7 Å². The number of hydrogen-bond donors (Lipinski definition) is 1. The number of nitrogens with zero attached hydrogens (tertiary/aromatic N) is 6. The predicted molar refractivity (Wildman–Crippen MR) is 137 cm³/mol. The monoisotopic (exact) mass is 573 g/mol. The molecule has 1 spiro atoms. The normalized spacial score (nSPS) is 18.2. The van der Waals surface area contributed by atoms with Crippen LogP contribution in [0.1, 0.15) is 39.5 Å². The molecule has 0 atom stereocenters. The summed E-state index contributed by atoms with van der Waals surface area (Å²) in [5, 5.41) is 10.2. The van der Waals surface area contributed by atoms with Crippen molar-refractivity contribution in [3.05, 3.63) is 76.1 Å². The molecule has 1 N–H and O–H groups in total. The van der Waals surface area contributed by atoms with Gasteiger partial charge in [-0.2, -0.15) is 17.5 Å². The number of hydrogen-bond acceptors (Lipinski definition) is 8. The van der Waals surface area contributed by atoms with E-state index in [1.54, 1.807) is 32.2 Å². The molecule has 0 aliphatic carbocycles. The summed E-state index contributed by atoms with van der Waals surface area (Å²) in [6.45, 7) is 6.46. The molecule has 6 rings (SSSR count). The molecule has 1 saturated heterocycles. The van der Waals surface area contributed by atoms with E-state index in [9.17, 15) is 21.6 Å². The van der Waals surface area contributed by atoms with Gasteiger partial charge in [0.15, 0.2) is 5.65 Å².